The fourth-order valence-corrected chi connectivity index (χ4v) is 3.92. The van der Waals surface area contributed by atoms with Crippen molar-refractivity contribution in [3.05, 3.63) is 64.2 Å². The first-order valence-corrected chi connectivity index (χ1v) is 10.4. The van der Waals surface area contributed by atoms with Crippen LogP contribution in [0.25, 0.3) is 0 Å². The summed E-state index contributed by atoms with van der Waals surface area (Å²) in [6.07, 6.45) is -0.344. The van der Waals surface area contributed by atoms with E-state index in [9.17, 15) is 14.4 Å². The summed E-state index contributed by atoms with van der Waals surface area (Å²) in [5, 5.41) is 14.5. The highest BCUT2D eigenvalue weighted by Crippen LogP contribution is 2.31. The number of fused-ring (bicyclic) bond motifs is 2. The standard InChI is InChI=1S/C24H24N4O4/c1-24(2,3)32-23(31)27-20-10-15-8-17-13-28(18-6-4-14(11-25)5-7-18)22(30)19(17)9-16(15)12-26-21(20)29/h4-9,20H,10,12-13H2,1-3H3,(H,26,29)(H,27,31)/t20-/m0/s1. The maximum Gasteiger partial charge on any atom is 0.408 e. The summed E-state index contributed by atoms with van der Waals surface area (Å²) in [6, 6.07) is 12.0. The van der Waals surface area contributed by atoms with Gasteiger partial charge in [0.1, 0.15) is 11.6 Å². The molecule has 2 aromatic rings. The highest BCUT2D eigenvalue weighted by molar-refractivity contribution is 6.10. The largest absolute Gasteiger partial charge is 0.444 e. The van der Waals surface area contributed by atoms with E-state index >= 15 is 0 Å². The van der Waals surface area contributed by atoms with Crippen LogP contribution in [0.15, 0.2) is 36.4 Å². The van der Waals surface area contributed by atoms with Gasteiger partial charge in [-0.25, -0.2) is 4.79 Å². The molecule has 0 fully saturated rings. The van der Waals surface area contributed by atoms with Gasteiger partial charge in [0.2, 0.25) is 5.91 Å². The Kier molecular flexibility index (Phi) is 5.35. The molecule has 0 bridgehead atoms. The van der Waals surface area contributed by atoms with E-state index in [0.29, 0.717) is 24.1 Å². The van der Waals surface area contributed by atoms with Gasteiger partial charge >= 0.3 is 6.09 Å². The minimum absolute atomic E-state index is 0.119. The first-order valence-electron chi connectivity index (χ1n) is 10.4. The predicted octanol–water partition coefficient (Wildman–Crippen LogP) is 2.78. The maximum atomic E-state index is 13.0. The Hall–Kier alpha value is -3.86. The van der Waals surface area contributed by atoms with Crippen molar-refractivity contribution in [2.45, 2.75) is 51.9 Å². The summed E-state index contributed by atoms with van der Waals surface area (Å²) >= 11 is 0. The van der Waals surface area contributed by atoms with Crippen LogP contribution in [-0.2, 0) is 29.0 Å². The van der Waals surface area contributed by atoms with Crippen LogP contribution < -0.4 is 15.5 Å². The number of hydrogen-bond donors (Lipinski definition) is 2. The number of amides is 3. The number of nitrogens with zero attached hydrogens (tertiary/aromatic N) is 2. The van der Waals surface area contributed by atoms with E-state index in [1.807, 2.05) is 12.1 Å². The van der Waals surface area contributed by atoms with Crippen molar-refractivity contribution < 1.29 is 19.1 Å². The van der Waals surface area contributed by atoms with Crippen LogP contribution in [0.1, 0.15) is 53.4 Å². The van der Waals surface area contributed by atoms with Gasteiger partial charge in [0.15, 0.2) is 0 Å². The Labute approximate surface area is 186 Å². The van der Waals surface area contributed by atoms with Gasteiger partial charge < -0.3 is 20.3 Å². The van der Waals surface area contributed by atoms with Gasteiger partial charge in [0.05, 0.1) is 18.2 Å². The van der Waals surface area contributed by atoms with E-state index < -0.39 is 17.7 Å². The number of nitrogens with one attached hydrogen (secondary N) is 2. The van der Waals surface area contributed by atoms with E-state index in [0.717, 1.165) is 22.4 Å². The fourth-order valence-electron chi connectivity index (χ4n) is 3.92. The van der Waals surface area contributed by atoms with Gasteiger partial charge in [-0.1, -0.05) is 6.07 Å². The fraction of sp³-hybridized carbons (Fsp3) is 0.333. The number of nitriles is 1. The lowest BCUT2D eigenvalue weighted by molar-refractivity contribution is -0.123. The van der Waals surface area contributed by atoms with E-state index in [-0.39, 0.29) is 18.4 Å². The molecule has 32 heavy (non-hydrogen) atoms. The average molecular weight is 432 g/mol. The zero-order valence-corrected chi connectivity index (χ0v) is 18.2. The summed E-state index contributed by atoms with van der Waals surface area (Å²) in [5.74, 6) is -0.413. The highest BCUT2D eigenvalue weighted by atomic mass is 16.6. The predicted molar refractivity (Wildman–Crippen MR) is 117 cm³/mol. The zero-order chi connectivity index (χ0) is 23.0. The minimum Gasteiger partial charge on any atom is -0.444 e. The molecule has 1 atom stereocenters. The van der Waals surface area contributed by atoms with Gasteiger partial charge in [-0.05, 0) is 67.8 Å². The van der Waals surface area contributed by atoms with Crippen molar-refractivity contribution in [1.29, 1.82) is 5.26 Å². The van der Waals surface area contributed by atoms with Crippen LogP contribution in [0, 0.1) is 11.3 Å². The number of alkyl carbamates (subject to hydrolysis) is 1. The molecule has 8 heteroatoms. The van der Waals surface area contributed by atoms with Crippen LogP contribution in [0.2, 0.25) is 0 Å². The van der Waals surface area contributed by atoms with E-state index in [4.69, 9.17) is 10.00 Å². The van der Waals surface area contributed by atoms with Crippen molar-refractivity contribution in [2.75, 3.05) is 4.90 Å². The lowest BCUT2D eigenvalue weighted by Gasteiger charge is -2.22. The number of anilines is 1. The first kappa shape index (κ1) is 21.4. The quantitative estimate of drug-likeness (QED) is 0.758. The molecule has 2 heterocycles. The second-order valence-electron chi connectivity index (χ2n) is 8.95. The van der Waals surface area contributed by atoms with Crippen LogP contribution in [0.3, 0.4) is 0 Å². The second-order valence-corrected chi connectivity index (χ2v) is 8.95. The number of benzene rings is 2. The SMILES string of the molecule is CC(C)(C)OC(=O)N[C@H]1Cc2cc3c(cc2CNC1=O)C(=O)N(c1ccc(C#N)cc1)C3. The van der Waals surface area contributed by atoms with Crippen molar-refractivity contribution in [3.63, 3.8) is 0 Å². The third kappa shape index (κ3) is 4.28. The topological polar surface area (TPSA) is 112 Å². The molecule has 0 radical (unpaired) electrons. The van der Waals surface area contributed by atoms with Crippen molar-refractivity contribution in [3.8, 4) is 6.07 Å². The molecule has 4 rings (SSSR count). The smallest absolute Gasteiger partial charge is 0.408 e. The van der Waals surface area contributed by atoms with Crippen LogP contribution in [-0.4, -0.2) is 29.6 Å². The summed E-state index contributed by atoms with van der Waals surface area (Å²) in [6.45, 7) is 5.95. The Morgan fingerprint density at radius 2 is 1.88 bits per heavy atom. The Morgan fingerprint density at radius 1 is 1.16 bits per heavy atom. The molecule has 2 aliphatic rings. The van der Waals surface area contributed by atoms with E-state index in [2.05, 4.69) is 16.7 Å². The molecule has 0 spiro atoms. The summed E-state index contributed by atoms with van der Waals surface area (Å²) in [5.41, 5.74) is 3.80. The van der Waals surface area contributed by atoms with Crippen LogP contribution in [0.5, 0.6) is 0 Å². The van der Waals surface area contributed by atoms with Crippen LogP contribution >= 0.6 is 0 Å². The number of carbonyl (C=O) groups excluding carboxylic acids is 3. The van der Waals surface area contributed by atoms with Gasteiger partial charge in [0, 0.05) is 24.2 Å². The van der Waals surface area contributed by atoms with E-state index in [1.165, 1.54) is 0 Å². The monoisotopic (exact) mass is 432 g/mol. The van der Waals surface area contributed by atoms with Gasteiger partial charge in [-0.3, -0.25) is 9.59 Å². The Bertz CT molecular complexity index is 1140. The molecule has 0 unspecified atom stereocenters. The molecule has 0 aromatic heterocycles. The molecular formula is C24H24N4O4. The van der Waals surface area contributed by atoms with Gasteiger partial charge in [0.25, 0.3) is 5.91 Å². The van der Waals surface area contributed by atoms with Crippen molar-refractivity contribution in [2.24, 2.45) is 0 Å². The third-order valence-electron chi connectivity index (χ3n) is 5.42. The molecule has 2 aromatic carbocycles. The summed E-state index contributed by atoms with van der Waals surface area (Å²) in [7, 11) is 0. The second kappa shape index (κ2) is 8.00. The van der Waals surface area contributed by atoms with E-state index in [1.54, 1.807) is 49.9 Å². The minimum atomic E-state index is -0.768. The highest BCUT2D eigenvalue weighted by Gasteiger charge is 2.33. The molecule has 0 aliphatic carbocycles. The Balaban J connectivity index is 1.56. The lowest BCUT2D eigenvalue weighted by Crippen LogP contribution is -2.48. The molecule has 2 N–H and O–H groups in total. The number of ether oxygens (including phenoxy) is 1. The van der Waals surface area contributed by atoms with Gasteiger partial charge in [-0.15, -0.1) is 0 Å². The Morgan fingerprint density at radius 3 is 2.53 bits per heavy atom. The lowest BCUT2D eigenvalue weighted by atomic mass is 9.96. The molecule has 0 saturated carbocycles. The molecule has 3 amide bonds. The van der Waals surface area contributed by atoms with Crippen molar-refractivity contribution >= 4 is 23.6 Å². The first-order chi connectivity index (χ1) is 15.1. The zero-order valence-electron chi connectivity index (χ0n) is 18.2. The molecule has 0 saturated heterocycles. The molecular weight excluding hydrogens is 408 g/mol. The average Bonchev–Trinajstić information content (AvgIpc) is 2.96. The number of rotatable bonds is 2. The van der Waals surface area contributed by atoms with Gasteiger partial charge in [-0.2, -0.15) is 5.26 Å². The van der Waals surface area contributed by atoms with Crippen LogP contribution in [0.4, 0.5) is 10.5 Å². The van der Waals surface area contributed by atoms with Crippen molar-refractivity contribution in [1.82, 2.24) is 10.6 Å². The number of carbonyl (C=O) groups is 3. The molecule has 2 aliphatic heterocycles. The molecule has 164 valence electrons. The molecule has 8 nitrogen and oxygen atoms in total. The number of hydrogen-bond acceptors (Lipinski definition) is 5. The summed E-state index contributed by atoms with van der Waals surface area (Å²) < 4.78 is 5.28. The maximum absolute atomic E-state index is 13.0. The normalized spacial score (nSPS) is 17.6. The summed E-state index contributed by atoms with van der Waals surface area (Å²) in [4.78, 5) is 39.4. The third-order valence-corrected chi connectivity index (χ3v) is 5.42.